The van der Waals surface area contributed by atoms with Crippen molar-refractivity contribution in [2.75, 3.05) is 24.0 Å². The number of fused-ring (bicyclic) bond motifs is 3. The van der Waals surface area contributed by atoms with Gasteiger partial charge in [0.15, 0.2) is 5.66 Å². The summed E-state index contributed by atoms with van der Waals surface area (Å²) >= 11 is 0. The van der Waals surface area contributed by atoms with Crippen molar-refractivity contribution in [1.29, 1.82) is 0 Å². The van der Waals surface area contributed by atoms with Crippen LogP contribution >= 0.6 is 0 Å². The molecular weight excluding hydrogens is 542 g/mol. The van der Waals surface area contributed by atoms with Crippen molar-refractivity contribution in [2.45, 2.75) is 31.7 Å². The van der Waals surface area contributed by atoms with E-state index in [9.17, 15) is 9.59 Å². The van der Waals surface area contributed by atoms with E-state index in [4.69, 9.17) is 9.57 Å². The van der Waals surface area contributed by atoms with Crippen molar-refractivity contribution >= 4 is 29.1 Å². The Labute approximate surface area is 250 Å². The van der Waals surface area contributed by atoms with Gasteiger partial charge >= 0.3 is 12.1 Å². The Morgan fingerprint density at radius 1 is 0.860 bits per heavy atom. The number of methoxy groups -OCH3 is 1. The van der Waals surface area contributed by atoms with Gasteiger partial charge in [0, 0.05) is 19.2 Å². The number of para-hydroxylation sites is 1. The number of amides is 4. The van der Waals surface area contributed by atoms with E-state index in [1.165, 1.54) is 7.11 Å². The zero-order valence-electron chi connectivity index (χ0n) is 24.3. The predicted octanol–water partition coefficient (Wildman–Crippen LogP) is 6.33. The lowest BCUT2D eigenvalue weighted by Crippen LogP contribution is -2.77. The average Bonchev–Trinajstić information content (AvgIpc) is 3.33. The van der Waals surface area contributed by atoms with Crippen molar-refractivity contribution < 1.29 is 19.2 Å². The fourth-order valence-corrected chi connectivity index (χ4v) is 6.19. The number of urea groups is 2. The number of anilines is 2. The van der Waals surface area contributed by atoms with Crippen LogP contribution in [-0.4, -0.2) is 42.6 Å². The van der Waals surface area contributed by atoms with Gasteiger partial charge in [-0.3, -0.25) is 9.80 Å². The molecule has 9 heteroatoms. The molecule has 1 fully saturated rings. The summed E-state index contributed by atoms with van der Waals surface area (Å²) in [4.78, 5) is 39.0. The van der Waals surface area contributed by atoms with E-state index in [0.29, 0.717) is 35.9 Å². The van der Waals surface area contributed by atoms with E-state index >= 15 is 0 Å². The molecule has 0 radical (unpaired) electrons. The van der Waals surface area contributed by atoms with Crippen LogP contribution in [0.2, 0.25) is 0 Å². The first-order valence-corrected chi connectivity index (χ1v) is 14.1. The van der Waals surface area contributed by atoms with Crippen molar-refractivity contribution in [1.82, 2.24) is 10.2 Å². The van der Waals surface area contributed by atoms with Crippen LogP contribution in [0.25, 0.3) is 0 Å². The van der Waals surface area contributed by atoms with E-state index in [0.717, 1.165) is 21.6 Å². The van der Waals surface area contributed by atoms with Crippen molar-refractivity contribution in [3.05, 3.63) is 126 Å². The highest BCUT2D eigenvalue weighted by atomic mass is 16.6. The highest BCUT2D eigenvalue weighted by molar-refractivity contribution is 6.26. The topological polar surface area (TPSA) is 86.7 Å². The molecule has 43 heavy (non-hydrogen) atoms. The Bertz CT molecular complexity index is 1610. The Balaban J connectivity index is 1.59. The highest BCUT2D eigenvalue weighted by Crippen LogP contribution is 2.53. The molecule has 9 nitrogen and oxygen atoms in total. The van der Waals surface area contributed by atoms with Gasteiger partial charge in [0.2, 0.25) is 0 Å². The van der Waals surface area contributed by atoms with Crippen molar-refractivity contribution in [3.8, 4) is 5.75 Å². The van der Waals surface area contributed by atoms with Gasteiger partial charge in [0.25, 0.3) is 0 Å². The fourth-order valence-electron chi connectivity index (χ4n) is 6.19. The van der Waals surface area contributed by atoms with Crippen LogP contribution < -0.4 is 19.9 Å². The normalized spacial score (nSPS) is 19.6. The monoisotopic (exact) mass is 575 g/mol. The van der Waals surface area contributed by atoms with Gasteiger partial charge in [-0.15, -0.1) is 0 Å². The minimum Gasteiger partial charge on any atom is -0.497 e. The van der Waals surface area contributed by atoms with Gasteiger partial charge in [0.05, 0.1) is 24.5 Å². The number of imide groups is 1. The van der Waals surface area contributed by atoms with Gasteiger partial charge < -0.3 is 14.9 Å². The molecule has 1 N–H and O–H groups in total. The summed E-state index contributed by atoms with van der Waals surface area (Å²) in [5, 5.41) is 7.59. The molecule has 2 aliphatic rings. The second-order valence-corrected chi connectivity index (χ2v) is 10.5. The van der Waals surface area contributed by atoms with Gasteiger partial charge in [0.1, 0.15) is 18.6 Å². The molecule has 1 saturated heterocycles. The number of hydrogen-bond acceptors (Lipinski definition) is 6. The summed E-state index contributed by atoms with van der Waals surface area (Å²) in [5.74, 6) is 0.586. The molecule has 4 aromatic carbocycles. The zero-order chi connectivity index (χ0) is 30.0. The standard InChI is InChI=1S/C34H33N5O4/c1-24(36-43-3)34-31(37(22-25-13-7-4-8-14-25)23-26-15-9-5-10-16-26)29-20-19-28(42-2)21-30(29)39(34)33(41)38(32(40)35-34)27-17-11-6-12-18-27/h4-21,31H,22-23H2,1-3H3,(H,35,40)/b36-24+. The van der Waals surface area contributed by atoms with Crippen LogP contribution in [0, 0.1) is 0 Å². The molecule has 0 bridgehead atoms. The minimum absolute atomic E-state index is 0.427. The molecule has 0 aromatic heterocycles. The molecule has 218 valence electrons. The van der Waals surface area contributed by atoms with Gasteiger partial charge in [-0.2, -0.15) is 0 Å². The summed E-state index contributed by atoms with van der Waals surface area (Å²) in [7, 11) is 3.05. The van der Waals surface area contributed by atoms with Gasteiger partial charge in [-0.25, -0.2) is 14.5 Å². The molecule has 4 aromatic rings. The Morgan fingerprint density at radius 2 is 1.44 bits per heavy atom. The first-order chi connectivity index (χ1) is 21.0. The third-order valence-corrected chi connectivity index (χ3v) is 8.02. The second kappa shape index (κ2) is 11.6. The molecule has 2 unspecified atom stereocenters. The Kier molecular flexibility index (Phi) is 7.56. The zero-order valence-corrected chi connectivity index (χ0v) is 24.3. The van der Waals surface area contributed by atoms with Gasteiger partial charge in [-0.1, -0.05) is 90.1 Å². The van der Waals surface area contributed by atoms with Gasteiger partial charge in [-0.05, 0) is 41.8 Å². The number of rotatable bonds is 9. The largest absolute Gasteiger partial charge is 0.497 e. The summed E-state index contributed by atoms with van der Waals surface area (Å²) in [6.07, 6.45) is 0. The third-order valence-electron chi connectivity index (χ3n) is 8.02. The number of nitrogens with zero attached hydrogens (tertiary/aromatic N) is 4. The lowest BCUT2D eigenvalue weighted by atomic mass is 9.89. The van der Waals surface area contributed by atoms with Crippen LogP contribution in [0.1, 0.15) is 29.7 Å². The summed E-state index contributed by atoms with van der Waals surface area (Å²) in [6, 6.07) is 33.3. The van der Waals surface area contributed by atoms with Crippen LogP contribution in [0.5, 0.6) is 5.75 Å². The molecule has 0 saturated carbocycles. The van der Waals surface area contributed by atoms with Crippen molar-refractivity contribution in [2.24, 2.45) is 5.16 Å². The first-order valence-electron chi connectivity index (χ1n) is 14.1. The fraction of sp³-hybridized carbons (Fsp3) is 0.206. The Morgan fingerprint density at radius 3 is 2.00 bits per heavy atom. The summed E-state index contributed by atoms with van der Waals surface area (Å²) < 4.78 is 5.61. The molecular formula is C34H33N5O4. The molecule has 0 aliphatic carbocycles. The number of hydrogen-bond donors (Lipinski definition) is 1. The predicted molar refractivity (Wildman–Crippen MR) is 166 cm³/mol. The summed E-state index contributed by atoms with van der Waals surface area (Å²) in [6.45, 7) is 2.85. The number of carbonyl (C=O) groups is 2. The van der Waals surface area contributed by atoms with Crippen LogP contribution in [0.3, 0.4) is 0 Å². The molecule has 0 spiro atoms. The number of carbonyl (C=O) groups excluding carboxylic acids is 2. The SMILES string of the molecule is CO/N=C(\C)C12NC(=O)N(c3ccccc3)C(=O)N1c1cc(OC)ccc1C2N(Cc1ccccc1)Cc1ccccc1. The quantitative estimate of drug-likeness (QED) is 0.186. The van der Waals surface area contributed by atoms with E-state index in [1.807, 2.05) is 60.7 Å². The van der Waals surface area contributed by atoms with Crippen LogP contribution in [0.4, 0.5) is 21.0 Å². The number of oxime groups is 1. The van der Waals surface area contributed by atoms with E-state index in [1.54, 1.807) is 43.2 Å². The smallest absolute Gasteiger partial charge is 0.339 e. The highest BCUT2D eigenvalue weighted by Gasteiger charge is 2.63. The molecule has 4 amide bonds. The lowest BCUT2D eigenvalue weighted by molar-refractivity contribution is 0.120. The Hall–Kier alpha value is -5.15. The van der Waals surface area contributed by atoms with Crippen molar-refractivity contribution in [3.63, 3.8) is 0 Å². The number of nitrogens with one attached hydrogen (secondary N) is 1. The van der Waals surface area contributed by atoms with Crippen LogP contribution in [0.15, 0.2) is 114 Å². The van der Waals surface area contributed by atoms with E-state index in [2.05, 4.69) is 39.6 Å². The maximum Gasteiger partial charge on any atom is 0.339 e. The van der Waals surface area contributed by atoms with Crippen LogP contribution in [-0.2, 0) is 17.9 Å². The third kappa shape index (κ3) is 4.87. The molecule has 2 aliphatic heterocycles. The molecule has 2 atom stereocenters. The minimum atomic E-state index is -1.41. The van der Waals surface area contributed by atoms with E-state index in [-0.39, 0.29) is 0 Å². The molecule has 6 rings (SSSR count). The van der Waals surface area contributed by atoms with E-state index < -0.39 is 23.8 Å². The maximum atomic E-state index is 14.6. The second-order valence-electron chi connectivity index (χ2n) is 10.5. The molecule has 2 heterocycles. The number of benzene rings is 4. The average molecular weight is 576 g/mol. The maximum absolute atomic E-state index is 14.6. The number of ether oxygens (including phenoxy) is 1. The lowest BCUT2D eigenvalue weighted by Gasteiger charge is -2.50. The summed E-state index contributed by atoms with van der Waals surface area (Å²) in [5.41, 5.74) is 3.11. The first kappa shape index (κ1) is 28.0.